The molecule has 78 valence electrons. The molecule has 1 rings (SSSR count). The average molecular weight is 241 g/mol. The van der Waals surface area contributed by atoms with E-state index in [-0.39, 0.29) is 11.5 Å². The molecule has 0 aliphatic heterocycles. The molecule has 0 aliphatic carbocycles. The topological polar surface area (TPSA) is 20.2 Å². The second-order valence-electron chi connectivity index (χ2n) is 3.17. The van der Waals surface area contributed by atoms with Gasteiger partial charge in [-0.3, -0.25) is 0 Å². The van der Waals surface area contributed by atoms with Crippen molar-refractivity contribution in [3.8, 4) is 5.75 Å². The molecule has 0 saturated carbocycles. The lowest BCUT2D eigenvalue weighted by molar-refractivity contribution is 0.414. The van der Waals surface area contributed by atoms with Crippen LogP contribution in [0.1, 0.15) is 25.3 Å². The second-order valence-corrected chi connectivity index (χ2v) is 3.93. The molecular weight excluding hydrogens is 233 g/mol. The first kappa shape index (κ1) is 11.5. The molecule has 0 unspecified atom stereocenters. The zero-order valence-electron chi connectivity index (χ0n) is 7.54. The molecule has 1 aromatic carbocycles. The van der Waals surface area contributed by atoms with Crippen molar-refractivity contribution in [2.24, 2.45) is 0 Å². The van der Waals surface area contributed by atoms with Gasteiger partial charge in [0.2, 0.25) is 0 Å². The summed E-state index contributed by atoms with van der Waals surface area (Å²) in [7, 11) is 0. The van der Waals surface area contributed by atoms with E-state index in [9.17, 15) is 13.9 Å². The highest BCUT2D eigenvalue weighted by Gasteiger charge is 2.23. The summed E-state index contributed by atoms with van der Waals surface area (Å²) in [5.41, 5.74) is -0.156. The highest BCUT2D eigenvalue weighted by molar-refractivity contribution is 6.42. The van der Waals surface area contributed by atoms with Crippen molar-refractivity contribution in [3.05, 3.63) is 27.2 Å². The van der Waals surface area contributed by atoms with Crippen LogP contribution in [0.5, 0.6) is 5.75 Å². The van der Waals surface area contributed by atoms with Crippen molar-refractivity contribution in [3.63, 3.8) is 0 Å². The fraction of sp³-hybridized carbons (Fsp3) is 0.333. The molecule has 0 aromatic heterocycles. The van der Waals surface area contributed by atoms with E-state index in [0.29, 0.717) is 0 Å². The second kappa shape index (κ2) is 3.91. The Hall–Kier alpha value is -0.540. The lowest BCUT2D eigenvalue weighted by atomic mass is 10.0. The predicted molar refractivity (Wildman–Crippen MR) is 52.1 cm³/mol. The third-order valence-corrected chi connectivity index (χ3v) is 2.66. The van der Waals surface area contributed by atoms with Crippen LogP contribution in [0.25, 0.3) is 0 Å². The SMILES string of the molecule is CC(C)c1c(O)c(F)c(Cl)c(Cl)c1F. The van der Waals surface area contributed by atoms with Crippen molar-refractivity contribution >= 4 is 23.2 Å². The summed E-state index contributed by atoms with van der Waals surface area (Å²) in [5.74, 6) is -3.10. The Labute approximate surface area is 90.3 Å². The largest absolute Gasteiger partial charge is 0.505 e. The zero-order chi connectivity index (χ0) is 11.0. The van der Waals surface area contributed by atoms with Crippen molar-refractivity contribution in [2.45, 2.75) is 19.8 Å². The van der Waals surface area contributed by atoms with Crippen LogP contribution in [-0.2, 0) is 0 Å². The molecule has 0 fully saturated rings. The highest BCUT2D eigenvalue weighted by Crippen LogP contribution is 2.40. The van der Waals surface area contributed by atoms with E-state index in [1.165, 1.54) is 0 Å². The third kappa shape index (κ3) is 1.66. The Bertz CT molecular complexity index is 349. The van der Waals surface area contributed by atoms with E-state index >= 15 is 0 Å². The van der Waals surface area contributed by atoms with Gasteiger partial charge in [-0.15, -0.1) is 0 Å². The molecule has 14 heavy (non-hydrogen) atoms. The standard InChI is InChI=1S/C9H8Cl2F2O/c1-3(2)4-7(12)5(10)6(11)8(13)9(4)14/h3,14H,1-2H3. The summed E-state index contributed by atoms with van der Waals surface area (Å²) in [6.07, 6.45) is 0. The van der Waals surface area contributed by atoms with Crippen molar-refractivity contribution in [1.82, 2.24) is 0 Å². The Kier molecular flexibility index (Phi) is 3.22. The third-order valence-electron chi connectivity index (χ3n) is 1.85. The molecule has 1 N–H and O–H groups in total. The number of phenolic OH excluding ortho intramolecular Hbond substituents is 1. The van der Waals surface area contributed by atoms with Crippen LogP contribution in [0, 0.1) is 11.6 Å². The van der Waals surface area contributed by atoms with E-state index in [0.717, 1.165) is 0 Å². The number of hydrogen-bond donors (Lipinski definition) is 1. The molecular formula is C9H8Cl2F2O. The first-order valence-electron chi connectivity index (χ1n) is 3.92. The average Bonchev–Trinajstić information content (AvgIpc) is 2.11. The minimum Gasteiger partial charge on any atom is -0.505 e. The van der Waals surface area contributed by atoms with Crippen LogP contribution in [0.15, 0.2) is 0 Å². The van der Waals surface area contributed by atoms with Gasteiger partial charge in [-0.2, -0.15) is 0 Å². The molecule has 0 heterocycles. The number of halogens is 4. The predicted octanol–water partition coefficient (Wildman–Crippen LogP) is 4.10. The first-order valence-corrected chi connectivity index (χ1v) is 4.68. The van der Waals surface area contributed by atoms with E-state index in [4.69, 9.17) is 23.2 Å². The Balaban J connectivity index is 3.60. The summed E-state index contributed by atoms with van der Waals surface area (Å²) in [6.45, 7) is 3.23. The Morgan fingerprint density at radius 3 is 1.93 bits per heavy atom. The lowest BCUT2D eigenvalue weighted by Crippen LogP contribution is -1.98. The van der Waals surface area contributed by atoms with Gasteiger partial charge in [0, 0.05) is 5.56 Å². The van der Waals surface area contributed by atoms with Gasteiger partial charge in [-0.1, -0.05) is 37.0 Å². The maximum Gasteiger partial charge on any atom is 0.185 e. The summed E-state index contributed by atoms with van der Waals surface area (Å²) < 4.78 is 26.6. The Morgan fingerprint density at radius 1 is 1.07 bits per heavy atom. The van der Waals surface area contributed by atoms with Gasteiger partial charge in [0.05, 0.1) is 5.02 Å². The summed E-state index contributed by atoms with van der Waals surface area (Å²) in [4.78, 5) is 0. The fourth-order valence-corrected chi connectivity index (χ4v) is 1.52. The summed E-state index contributed by atoms with van der Waals surface area (Å²) in [5, 5.41) is 8.21. The van der Waals surface area contributed by atoms with Crippen molar-refractivity contribution in [1.29, 1.82) is 0 Å². The van der Waals surface area contributed by atoms with Crippen LogP contribution in [0.2, 0.25) is 10.0 Å². The van der Waals surface area contributed by atoms with Crippen LogP contribution in [-0.4, -0.2) is 5.11 Å². The molecule has 1 aromatic rings. The normalized spacial score (nSPS) is 11.1. The van der Waals surface area contributed by atoms with E-state index < -0.39 is 27.4 Å². The molecule has 0 spiro atoms. The van der Waals surface area contributed by atoms with Crippen LogP contribution < -0.4 is 0 Å². The van der Waals surface area contributed by atoms with Crippen LogP contribution in [0.4, 0.5) is 8.78 Å². The first-order chi connectivity index (χ1) is 6.37. The van der Waals surface area contributed by atoms with Gasteiger partial charge in [-0.05, 0) is 5.92 Å². The Morgan fingerprint density at radius 2 is 1.50 bits per heavy atom. The maximum absolute atomic E-state index is 13.4. The smallest absolute Gasteiger partial charge is 0.185 e. The highest BCUT2D eigenvalue weighted by atomic mass is 35.5. The molecule has 0 radical (unpaired) electrons. The number of benzene rings is 1. The van der Waals surface area contributed by atoms with E-state index in [1.807, 2.05) is 0 Å². The molecule has 0 saturated heterocycles. The monoisotopic (exact) mass is 240 g/mol. The van der Waals surface area contributed by atoms with Gasteiger partial charge in [0.15, 0.2) is 17.4 Å². The van der Waals surface area contributed by atoms with Gasteiger partial charge >= 0.3 is 0 Å². The van der Waals surface area contributed by atoms with Gasteiger partial charge in [0.25, 0.3) is 0 Å². The van der Waals surface area contributed by atoms with Crippen LogP contribution >= 0.6 is 23.2 Å². The number of hydrogen-bond acceptors (Lipinski definition) is 1. The number of rotatable bonds is 1. The minimum absolute atomic E-state index is 0.156. The molecule has 1 nitrogen and oxygen atoms in total. The van der Waals surface area contributed by atoms with E-state index in [2.05, 4.69) is 0 Å². The minimum atomic E-state index is -1.08. The quantitative estimate of drug-likeness (QED) is 0.579. The number of aromatic hydroxyl groups is 1. The zero-order valence-corrected chi connectivity index (χ0v) is 9.05. The molecule has 5 heteroatoms. The summed E-state index contributed by atoms with van der Waals surface area (Å²) >= 11 is 10.8. The van der Waals surface area contributed by atoms with Crippen molar-refractivity contribution < 1.29 is 13.9 Å². The maximum atomic E-state index is 13.4. The fourth-order valence-electron chi connectivity index (χ4n) is 1.16. The molecule has 0 bridgehead atoms. The summed E-state index contributed by atoms with van der Waals surface area (Å²) in [6, 6.07) is 0. The van der Waals surface area contributed by atoms with Gasteiger partial charge < -0.3 is 5.11 Å². The molecule has 0 atom stereocenters. The van der Waals surface area contributed by atoms with Crippen molar-refractivity contribution in [2.75, 3.05) is 0 Å². The lowest BCUT2D eigenvalue weighted by Gasteiger charge is -2.12. The van der Waals surface area contributed by atoms with Crippen LogP contribution in [0.3, 0.4) is 0 Å². The van der Waals surface area contributed by atoms with Gasteiger partial charge in [0.1, 0.15) is 5.02 Å². The molecule has 0 amide bonds. The van der Waals surface area contributed by atoms with Gasteiger partial charge in [-0.25, -0.2) is 8.78 Å². The molecule has 0 aliphatic rings. The number of phenols is 1. The van der Waals surface area contributed by atoms with E-state index in [1.54, 1.807) is 13.8 Å².